The average molecular weight is 402 g/mol. The molecule has 1 amide bonds. The number of aromatic hydroxyl groups is 1. The first-order chi connectivity index (χ1) is 12.0. The molecule has 0 atom stereocenters. The molecule has 0 heterocycles. The van der Waals surface area contributed by atoms with Crippen LogP contribution in [0.5, 0.6) is 11.5 Å². The number of hydrazone groups is 1. The Bertz CT molecular complexity index is 782. The van der Waals surface area contributed by atoms with E-state index in [0.717, 1.165) is 0 Å². The number of phenolic OH excluding ortho intramolecular Hbond substituents is 1. The van der Waals surface area contributed by atoms with E-state index in [1.807, 2.05) is 0 Å². The van der Waals surface area contributed by atoms with Crippen molar-refractivity contribution in [1.29, 1.82) is 0 Å². The molecule has 0 saturated heterocycles. The molecule has 0 aromatic heterocycles. The lowest BCUT2D eigenvalue weighted by molar-refractivity contribution is -0.121. The summed E-state index contributed by atoms with van der Waals surface area (Å²) in [7, 11) is 0. The maximum absolute atomic E-state index is 11.7. The number of phenols is 1. The van der Waals surface area contributed by atoms with E-state index in [9.17, 15) is 9.90 Å². The molecule has 2 aromatic carbocycles. The summed E-state index contributed by atoms with van der Waals surface area (Å²) in [6.07, 6.45) is 2.04. The van der Waals surface area contributed by atoms with Gasteiger partial charge in [0.2, 0.25) is 5.91 Å². The van der Waals surface area contributed by atoms with Crippen LogP contribution in [0.15, 0.2) is 41.5 Å². The predicted octanol–water partition coefficient (Wildman–Crippen LogP) is 4.66. The van der Waals surface area contributed by atoms with Crippen molar-refractivity contribution in [2.24, 2.45) is 5.10 Å². The number of nitrogens with one attached hydrogen (secondary N) is 1. The Morgan fingerprint density at radius 1 is 1.16 bits per heavy atom. The zero-order valence-electron chi connectivity index (χ0n) is 13.0. The van der Waals surface area contributed by atoms with Gasteiger partial charge in [-0.25, -0.2) is 5.43 Å². The lowest BCUT2D eigenvalue weighted by atomic mass is 10.2. The van der Waals surface area contributed by atoms with Crippen molar-refractivity contribution < 1.29 is 14.6 Å². The van der Waals surface area contributed by atoms with Gasteiger partial charge in [0.1, 0.15) is 11.5 Å². The number of rotatable bonds is 7. The zero-order valence-corrected chi connectivity index (χ0v) is 15.3. The first-order valence-electron chi connectivity index (χ1n) is 7.34. The van der Waals surface area contributed by atoms with E-state index in [4.69, 9.17) is 39.5 Å². The van der Waals surface area contributed by atoms with E-state index in [0.29, 0.717) is 39.4 Å². The molecule has 0 saturated carbocycles. The second kappa shape index (κ2) is 9.51. The summed E-state index contributed by atoms with van der Waals surface area (Å²) in [6, 6.07) is 9.48. The number of carbonyl (C=O) groups is 1. The third-order valence-electron chi connectivity index (χ3n) is 3.08. The fourth-order valence-electron chi connectivity index (χ4n) is 1.87. The summed E-state index contributed by atoms with van der Waals surface area (Å²) < 4.78 is 5.49. The summed E-state index contributed by atoms with van der Waals surface area (Å²) in [6.45, 7) is 0.327. The lowest BCUT2D eigenvalue weighted by Gasteiger charge is -2.07. The normalized spacial score (nSPS) is 10.8. The van der Waals surface area contributed by atoms with Crippen LogP contribution in [0, 0.1) is 0 Å². The van der Waals surface area contributed by atoms with E-state index in [2.05, 4.69) is 10.5 Å². The van der Waals surface area contributed by atoms with E-state index < -0.39 is 0 Å². The third kappa shape index (κ3) is 6.46. The van der Waals surface area contributed by atoms with Crippen LogP contribution in [0.4, 0.5) is 0 Å². The highest BCUT2D eigenvalue weighted by atomic mass is 35.5. The Hall–Kier alpha value is -1.95. The molecule has 0 fully saturated rings. The highest BCUT2D eigenvalue weighted by Crippen LogP contribution is 2.27. The van der Waals surface area contributed by atoms with Gasteiger partial charge in [0.25, 0.3) is 0 Å². The fraction of sp³-hybridized carbons (Fsp3) is 0.176. The van der Waals surface area contributed by atoms with Gasteiger partial charge in [-0.15, -0.1) is 0 Å². The molecule has 2 aromatic rings. The van der Waals surface area contributed by atoms with Crippen LogP contribution in [0.1, 0.15) is 18.4 Å². The highest BCUT2D eigenvalue weighted by Gasteiger charge is 2.04. The van der Waals surface area contributed by atoms with Crippen LogP contribution >= 0.6 is 34.8 Å². The summed E-state index contributed by atoms with van der Waals surface area (Å²) in [5.74, 6) is 0.264. The van der Waals surface area contributed by atoms with Crippen LogP contribution in [-0.4, -0.2) is 23.8 Å². The Morgan fingerprint density at radius 2 is 1.88 bits per heavy atom. The minimum Gasteiger partial charge on any atom is -0.507 e. The predicted molar refractivity (Wildman–Crippen MR) is 100 cm³/mol. The summed E-state index contributed by atoms with van der Waals surface area (Å²) >= 11 is 17.6. The van der Waals surface area contributed by atoms with Gasteiger partial charge in [0.05, 0.1) is 17.8 Å². The van der Waals surface area contributed by atoms with Gasteiger partial charge in [-0.2, -0.15) is 5.10 Å². The molecule has 132 valence electrons. The Morgan fingerprint density at radius 3 is 2.64 bits per heavy atom. The standard InChI is InChI=1S/C17H15Cl3N2O3/c18-12-3-5-15(23)11(8-12)10-21-22-17(24)2-1-7-25-16-6-4-13(19)9-14(16)20/h3-6,8-10,23H,1-2,7H2,(H,22,24). The molecule has 8 heteroatoms. The van der Waals surface area contributed by atoms with Crippen molar-refractivity contribution in [3.05, 3.63) is 57.0 Å². The van der Waals surface area contributed by atoms with E-state index in [1.54, 1.807) is 24.3 Å². The minimum absolute atomic E-state index is 0.0237. The monoisotopic (exact) mass is 400 g/mol. The maximum atomic E-state index is 11.7. The lowest BCUT2D eigenvalue weighted by Crippen LogP contribution is -2.18. The molecule has 0 aliphatic carbocycles. The van der Waals surface area contributed by atoms with E-state index in [-0.39, 0.29) is 18.1 Å². The highest BCUT2D eigenvalue weighted by molar-refractivity contribution is 6.35. The van der Waals surface area contributed by atoms with Gasteiger partial charge in [-0.3, -0.25) is 4.79 Å². The van der Waals surface area contributed by atoms with Crippen LogP contribution < -0.4 is 10.2 Å². The van der Waals surface area contributed by atoms with Crippen LogP contribution in [-0.2, 0) is 4.79 Å². The molecule has 5 nitrogen and oxygen atoms in total. The summed E-state index contributed by atoms with van der Waals surface area (Å²) in [5.41, 5.74) is 2.78. The molecule has 2 N–H and O–H groups in total. The molecule has 0 unspecified atom stereocenters. The third-order valence-corrected chi connectivity index (χ3v) is 3.85. The summed E-state index contributed by atoms with van der Waals surface area (Å²) in [5, 5.41) is 14.8. The largest absolute Gasteiger partial charge is 0.507 e. The minimum atomic E-state index is -0.274. The first-order valence-corrected chi connectivity index (χ1v) is 8.47. The topological polar surface area (TPSA) is 70.9 Å². The van der Waals surface area contributed by atoms with Gasteiger partial charge < -0.3 is 9.84 Å². The number of carbonyl (C=O) groups excluding carboxylic acids is 1. The van der Waals surface area contributed by atoms with Crippen LogP contribution in [0.2, 0.25) is 15.1 Å². The Labute approximate surface area is 160 Å². The molecule has 25 heavy (non-hydrogen) atoms. The molecule has 0 aliphatic rings. The number of nitrogens with zero attached hydrogens (tertiary/aromatic N) is 1. The van der Waals surface area contributed by atoms with Crippen molar-refractivity contribution in [2.75, 3.05) is 6.61 Å². The number of halogens is 3. The Balaban J connectivity index is 1.72. The van der Waals surface area contributed by atoms with Crippen molar-refractivity contribution in [3.8, 4) is 11.5 Å². The summed E-state index contributed by atoms with van der Waals surface area (Å²) in [4.78, 5) is 11.7. The molecule has 0 bridgehead atoms. The van der Waals surface area contributed by atoms with Gasteiger partial charge in [0.15, 0.2) is 0 Å². The van der Waals surface area contributed by atoms with Gasteiger partial charge >= 0.3 is 0 Å². The molecule has 0 spiro atoms. The van der Waals surface area contributed by atoms with E-state index in [1.165, 1.54) is 18.3 Å². The quantitative estimate of drug-likeness (QED) is 0.402. The van der Waals surface area contributed by atoms with Crippen LogP contribution in [0.25, 0.3) is 0 Å². The number of benzene rings is 2. The van der Waals surface area contributed by atoms with Gasteiger partial charge in [0, 0.05) is 22.0 Å². The van der Waals surface area contributed by atoms with Crippen molar-refractivity contribution >= 4 is 46.9 Å². The smallest absolute Gasteiger partial charge is 0.240 e. The first kappa shape index (κ1) is 19.4. The van der Waals surface area contributed by atoms with Crippen molar-refractivity contribution in [1.82, 2.24) is 5.43 Å². The molecule has 0 radical (unpaired) electrons. The zero-order chi connectivity index (χ0) is 18.2. The van der Waals surface area contributed by atoms with Crippen molar-refractivity contribution in [2.45, 2.75) is 12.8 Å². The van der Waals surface area contributed by atoms with Gasteiger partial charge in [-0.1, -0.05) is 34.8 Å². The number of ether oxygens (including phenoxy) is 1. The molecular weight excluding hydrogens is 387 g/mol. The molecular formula is C17H15Cl3N2O3. The second-order valence-corrected chi connectivity index (χ2v) is 6.30. The SMILES string of the molecule is O=C(CCCOc1ccc(Cl)cc1Cl)NN=Cc1cc(Cl)ccc1O. The molecule has 2 rings (SSSR count). The molecule has 0 aliphatic heterocycles. The van der Waals surface area contributed by atoms with Gasteiger partial charge in [-0.05, 0) is 42.8 Å². The maximum Gasteiger partial charge on any atom is 0.240 e. The number of hydrogen-bond acceptors (Lipinski definition) is 4. The fourth-order valence-corrected chi connectivity index (χ4v) is 2.51. The number of hydrogen-bond donors (Lipinski definition) is 2. The van der Waals surface area contributed by atoms with E-state index >= 15 is 0 Å². The number of amides is 1. The average Bonchev–Trinajstić information content (AvgIpc) is 2.56. The Kier molecular flexibility index (Phi) is 7.37. The van der Waals surface area contributed by atoms with Crippen molar-refractivity contribution in [3.63, 3.8) is 0 Å². The van der Waals surface area contributed by atoms with Crippen LogP contribution in [0.3, 0.4) is 0 Å². The second-order valence-electron chi connectivity index (χ2n) is 5.02.